The molecule has 0 atom stereocenters. The van der Waals surface area contributed by atoms with Crippen LogP contribution in [0.5, 0.6) is 0 Å². The van der Waals surface area contributed by atoms with Crippen molar-refractivity contribution in [3.05, 3.63) is 53.9 Å². The SMILES string of the molecule is CC1(C)Cc2ccc(NC(=O)c3ccncc3)cc2NC1=O. The maximum atomic E-state index is 12.1. The lowest BCUT2D eigenvalue weighted by Crippen LogP contribution is -2.37. The zero-order chi connectivity index (χ0) is 15.7. The van der Waals surface area contributed by atoms with Crippen molar-refractivity contribution >= 4 is 23.2 Å². The molecule has 0 saturated heterocycles. The van der Waals surface area contributed by atoms with Gasteiger partial charge in [-0.1, -0.05) is 19.9 Å². The lowest BCUT2D eigenvalue weighted by molar-refractivity contribution is -0.124. The van der Waals surface area contributed by atoms with Gasteiger partial charge in [0.2, 0.25) is 5.91 Å². The van der Waals surface area contributed by atoms with Crippen molar-refractivity contribution in [3.8, 4) is 0 Å². The van der Waals surface area contributed by atoms with Gasteiger partial charge in [0, 0.05) is 34.7 Å². The van der Waals surface area contributed by atoms with Crippen LogP contribution in [0, 0.1) is 5.41 Å². The van der Waals surface area contributed by atoms with Crippen molar-refractivity contribution in [2.45, 2.75) is 20.3 Å². The molecule has 1 aromatic heterocycles. The second-order valence-corrected chi connectivity index (χ2v) is 6.08. The molecular formula is C17H17N3O2. The molecule has 0 saturated carbocycles. The molecule has 0 bridgehead atoms. The van der Waals surface area contributed by atoms with E-state index in [0.717, 1.165) is 11.3 Å². The normalized spacial score (nSPS) is 15.6. The van der Waals surface area contributed by atoms with Gasteiger partial charge in [-0.15, -0.1) is 0 Å². The first-order valence-corrected chi connectivity index (χ1v) is 7.11. The summed E-state index contributed by atoms with van der Waals surface area (Å²) < 4.78 is 0. The molecule has 1 aromatic carbocycles. The highest BCUT2D eigenvalue weighted by atomic mass is 16.2. The van der Waals surface area contributed by atoms with Crippen LogP contribution in [0.25, 0.3) is 0 Å². The number of anilines is 2. The summed E-state index contributed by atoms with van der Waals surface area (Å²) in [6.45, 7) is 3.84. The smallest absolute Gasteiger partial charge is 0.255 e. The first-order chi connectivity index (χ1) is 10.5. The van der Waals surface area contributed by atoms with Gasteiger partial charge in [-0.05, 0) is 36.2 Å². The quantitative estimate of drug-likeness (QED) is 0.895. The minimum Gasteiger partial charge on any atom is -0.325 e. The number of carbonyl (C=O) groups is 2. The van der Waals surface area contributed by atoms with E-state index in [9.17, 15) is 9.59 Å². The van der Waals surface area contributed by atoms with E-state index in [1.165, 1.54) is 0 Å². The van der Waals surface area contributed by atoms with Gasteiger partial charge >= 0.3 is 0 Å². The number of nitrogens with zero attached hydrogens (tertiary/aromatic N) is 1. The zero-order valence-electron chi connectivity index (χ0n) is 12.5. The molecule has 22 heavy (non-hydrogen) atoms. The lowest BCUT2D eigenvalue weighted by Gasteiger charge is -2.30. The molecule has 2 aromatic rings. The molecule has 2 amide bonds. The summed E-state index contributed by atoms with van der Waals surface area (Å²) >= 11 is 0. The Morgan fingerprint density at radius 2 is 1.95 bits per heavy atom. The van der Waals surface area contributed by atoms with Gasteiger partial charge in [-0.2, -0.15) is 0 Å². The van der Waals surface area contributed by atoms with E-state index in [4.69, 9.17) is 0 Å². The van der Waals surface area contributed by atoms with Crippen molar-refractivity contribution in [1.82, 2.24) is 4.98 Å². The van der Waals surface area contributed by atoms with Crippen LogP contribution in [0.15, 0.2) is 42.7 Å². The van der Waals surface area contributed by atoms with Crippen molar-refractivity contribution in [3.63, 3.8) is 0 Å². The van der Waals surface area contributed by atoms with Gasteiger partial charge in [0.15, 0.2) is 0 Å². The molecule has 0 fully saturated rings. The number of aromatic nitrogens is 1. The Morgan fingerprint density at radius 3 is 2.68 bits per heavy atom. The number of amides is 2. The van der Waals surface area contributed by atoms with Gasteiger partial charge in [0.1, 0.15) is 0 Å². The lowest BCUT2D eigenvalue weighted by atomic mass is 9.81. The van der Waals surface area contributed by atoms with E-state index < -0.39 is 5.41 Å². The second-order valence-electron chi connectivity index (χ2n) is 6.08. The summed E-state index contributed by atoms with van der Waals surface area (Å²) in [5.74, 6) is -0.206. The molecule has 112 valence electrons. The van der Waals surface area contributed by atoms with Crippen molar-refractivity contribution in [2.24, 2.45) is 5.41 Å². The molecule has 5 heteroatoms. The van der Waals surface area contributed by atoms with Crippen LogP contribution in [-0.2, 0) is 11.2 Å². The van der Waals surface area contributed by atoms with E-state index in [1.807, 2.05) is 26.0 Å². The number of rotatable bonds is 2. The number of pyridine rings is 1. The molecule has 2 heterocycles. The Labute approximate surface area is 128 Å². The van der Waals surface area contributed by atoms with Crippen LogP contribution in [0.1, 0.15) is 29.8 Å². The van der Waals surface area contributed by atoms with Crippen LogP contribution >= 0.6 is 0 Å². The summed E-state index contributed by atoms with van der Waals surface area (Å²) in [5.41, 5.74) is 2.62. The fourth-order valence-electron chi connectivity index (χ4n) is 2.48. The van der Waals surface area contributed by atoms with Crippen LogP contribution in [0.2, 0.25) is 0 Å². The molecular weight excluding hydrogens is 278 g/mol. The molecule has 1 aliphatic heterocycles. The van der Waals surface area contributed by atoms with Gasteiger partial charge in [-0.3, -0.25) is 14.6 Å². The molecule has 1 aliphatic rings. The fraction of sp³-hybridized carbons (Fsp3) is 0.235. The average Bonchev–Trinajstić information content (AvgIpc) is 2.49. The maximum Gasteiger partial charge on any atom is 0.255 e. The number of hydrogen-bond acceptors (Lipinski definition) is 3. The van der Waals surface area contributed by atoms with Crippen LogP contribution in [0.4, 0.5) is 11.4 Å². The Bertz CT molecular complexity index is 739. The number of hydrogen-bond donors (Lipinski definition) is 2. The van der Waals surface area contributed by atoms with Crippen molar-refractivity contribution in [1.29, 1.82) is 0 Å². The van der Waals surface area contributed by atoms with E-state index in [1.54, 1.807) is 30.6 Å². The average molecular weight is 295 g/mol. The fourth-order valence-corrected chi connectivity index (χ4v) is 2.48. The Kier molecular flexibility index (Phi) is 3.41. The summed E-state index contributed by atoms with van der Waals surface area (Å²) in [6, 6.07) is 8.89. The van der Waals surface area contributed by atoms with E-state index in [-0.39, 0.29) is 11.8 Å². The molecule has 2 N–H and O–H groups in total. The van der Waals surface area contributed by atoms with Gasteiger partial charge in [-0.25, -0.2) is 0 Å². The summed E-state index contributed by atoms with van der Waals surface area (Å²) in [7, 11) is 0. The third kappa shape index (κ3) is 2.70. The summed E-state index contributed by atoms with van der Waals surface area (Å²) in [6.07, 6.45) is 3.83. The number of nitrogens with one attached hydrogen (secondary N) is 2. The minimum absolute atomic E-state index is 0.00221. The van der Waals surface area contributed by atoms with Gasteiger partial charge in [0.25, 0.3) is 5.91 Å². The number of benzene rings is 1. The molecule has 0 aliphatic carbocycles. The molecule has 0 spiro atoms. The second kappa shape index (κ2) is 5.26. The molecule has 3 rings (SSSR count). The van der Waals surface area contributed by atoms with Crippen molar-refractivity contribution in [2.75, 3.05) is 10.6 Å². The highest BCUT2D eigenvalue weighted by Crippen LogP contribution is 2.34. The minimum atomic E-state index is -0.408. The Hall–Kier alpha value is -2.69. The standard InChI is InChI=1S/C17H17N3O2/c1-17(2)10-12-3-4-13(9-14(12)20-16(17)22)19-15(21)11-5-7-18-8-6-11/h3-9H,10H2,1-2H3,(H,19,21)(H,20,22). The van der Waals surface area contributed by atoms with Crippen LogP contribution in [-0.4, -0.2) is 16.8 Å². The third-order valence-electron chi connectivity index (χ3n) is 3.81. The van der Waals surface area contributed by atoms with Crippen molar-refractivity contribution < 1.29 is 9.59 Å². The topological polar surface area (TPSA) is 71.1 Å². The van der Waals surface area contributed by atoms with E-state index in [0.29, 0.717) is 17.7 Å². The summed E-state index contributed by atoms with van der Waals surface area (Å²) in [4.78, 5) is 28.0. The third-order valence-corrected chi connectivity index (χ3v) is 3.81. The van der Waals surface area contributed by atoms with Crippen LogP contribution in [0.3, 0.4) is 0 Å². The monoisotopic (exact) mass is 295 g/mol. The predicted molar refractivity (Wildman–Crippen MR) is 84.7 cm³/mol. The van der Waals surface area contributed by atoms with Crippen LogP contribution < -0.4 is 10.6 Å². The largest absolute Gasteiger partial charge is 0.325 e. The maximum absolute atomic E-state index is 12.1. The summed E-state index contributed by atoms with van der Waals surface area (Å²) in [5, 5.41) is 5.73. The molecule has 0 radical (unpaired) electrons. The van der Waals surface area contributed by atoms with Gasteiger partial charge in [0.05, 0.1) is 0 Å². The highest BCUT2D eigenvalue weighted by molar-refractivity contribution is 6.05. The first kappa shape index (κ1) is 14.3. The number of fused-ring (bicyclic) bond motifs is 1. The predicted octanol–water partition coefficient (Wildman–Crippen LogP) is 2.85. The van der Waals surface area contributed by atoms with Gasteiger partial charge < -0.3 is 10.6 Å². The van der Waals surface area contributed by atoms with E-state index >= 15 is 0 Å². The molecule has 5 nitrogen and oxygen atoms in total. The Morgan fingerprint density at radius 1 is 1.23 bits per heavy atom. The highest BCUT2D eigenvalue weighted by Gasteiger charge is 2.33. The van der Waals surface area contributed by atoms with E-state index in [2.05, 4.69) is 15.6 Å². The Balaban J connectivity index is 1.82. The first-order valence-electron chi connectivity index (χ1n) is 7.11. The number of carbonyl (C=O) groups excluding carboxylic acids is 2. The zero-order valence-corrected chi connectivity index (χ0v) is 12.5. The molecule has 0 unspecified atom stereocenters.